The van der Waals surface area contributed by atoms with Crippen LogP contribution in [-0.4, -0.2) is 45.3 Å². The summed E-state index contributed by atoms with van der Waals surface area (Å²) in [6.07, 6.45) is 3.65. The molecule has 2 aromatic heterocycles. The van der Waals surface area contributed by atoms with E-state index in [2.05, 4.69) is 37.5 Å². The van der Waals surface area contributed by atoms with Gasteiger partial charge in [-0.1, -0.05) is 12.6 Å². The molecule has 0 saturated heterocycles. The molecule has 0 aliphatic carbocycles. The predicted octanol–water partition coefficient (Wildman–Crippen LogP) is 3.70. The van der Waals surface area contributed by atoms with Crippen LogP contribution in [0.1, 0.15) is 23.6 Å². The zero-order chi connectivity index (χ0) is 24.9. The molecule has 3 aromatic rings. The fraction of sp³-hybridized carbons (Fsp3) is 0.240. The van der Waals surface area contributed by atoms with Gasteiger partial charge in [-0.3, -0.25) is 9.59 Å². The molecule has 3 N–H and O–H groups in total. The number of amides is 2. The summed E-state index contributed by atoms with van der Waals surface area (Å²) in [5.74, 6) is 2.22. The Kier molecular flexibility index (Phi) is 6.91. The van der Waals surface area contributed by atoms with Crippen LogP contribution in [0.3, 0.4) is 0 Å². The van der Waals surface area contributed by atoms with Crippen LogP contribution in [0.5, 0.6) is 5.75 Å². The number of benzene rings is 1. The number of ether oxygens (including phenoxy) is 1. The number of carbonyl (C=O) groups is 2. The second-order valence-corrected chi connectivity index (χ2v) is 8.09. The maximum absolute atomic E-state index is 11.8. The van der Waals surface area contributed by atoms with Gasteiger partial charge in [0.1, 0.15) is 23.2 Å². The van der Waals surface area contributed by atoms with Gasteiger partial charge in [0.2, 0.25) is 17.8 Å². The molecular weight excluding hydrogens is 446 g/mol. The Hall–Kier alpha value is -4.47. The van der Waals surface area contributed by atoms with E-state index in [0.717, 1.165) is 28.8 Å². The number of hydrogen-bond donors (Lipinski definition) is 3. The first-order valence-corrected chi connectivity index (χ1v) is 11.1. The molecule has 1 aromatic carbocycles. The summed E-state index contributed by atoms with van der Waals surface area (Å²) in [6, 6.07) is 9.21. The minimum absolute atomic E-state index is 0.0630. The van der Waals surface area contributed by atoms with Gasteiger partial charge in [0, 0.05) is 31.8 Å². The molecule has 0 spiro atoms. The Balaban J connectivity index is 1.56. The smallest absolute Gasteiger partial charge is 0.248 e. The van der Waals surface area contributed by atoms with Crippen LogP contribution in [0.25, 0.3) is 0 Å². The van der Waals surface area contributed by atoms with Crippen LogP contribution in [0.2, 0.25) is 0 Å². The zero-order valence-electron chi connectivity index (χ0n) is 19.9. The van der Waals surface area contributed by atoms with Crippen molar-refractivity contribution in [2.75, 3.05) is 29.6 Å². The maximum atomic E-state index is 11.8. The zero-order valence-corrected chi connectivity index (χ0v) is 19.9. The average Bonchev–Trinajstić information content (AvgIpc) is 2.85. The molecule has 10 heteroatoms. The van der Waals surface area contributed by atoms with Crippen molar-refractivity contribution >= 4 is 40.9 Å². The highest BCUT2D eigenvalue weighted by molar-refractivity contribution is 5.98. The number of pyridine rings is 1. The first-order chi connectivity index (χ1) is 16.9. The average molecular weight is 474 g/mol. The van der Waals surface area contributed by atoms with Crippen LogP contribution < -0.4 is 20.7 Å². The number of hydrogen-bond acceptors (Lipinski definition) is 8. The molecule has 2 amide bonds. The van der Waals surface area contributed by atoms with Crippen LogP contribution in [0.4, 0.5) is 29.1 Å². The Bertz CT molecular complexity index is 1290. The van der Waals surface area contributed by atoms with Gasteiger partial charge in [-0.2, -0.15) is 4.98 Å². The summed E-state index contributed by atoms with van der Waals surface area (Å²) in [5, 5.41) is 9.06. The van der Waals surface area contributed by atoms with E-state index in [1.165, 1.54) is 6.08 Å². The quantitative estimate of drug-likeness (QED) is 0.444. The highest BCUT2D eigenvalue weighted by Crippen LogP contribution is 2.33. The summed E-state index contributed by atoms with van der Waals surface area (Å²) in [4.78, 5) is 38.6. The third kappa shape index (κ3) is 5.55. The summed E-state index contributed by atoms with van der Waals surface area (Å²) in [7, 11) is 1.60. The molecule has 3 heterocycles. The summed E-state index contributed by atoms with van der Waals surface area (Å²) in [6.45, 7) is 8.16. The number of nitrogens with zero attached hydrogens (tertiary/aromatic N) is 4. The second kappa shape index (κ2) is 10.2. The molecule has 0 unspecified atom stereocenters. The third-order valence-electron chi connectivity index (χ3n) is 5.63. The van der Waals surface area contributed by atoms with Crippen LogP contribution >= 0.6 is 0 Å². The normalized spacial score (nSPS) is 12.4. The van der Waals surface area contributed by atoms with Gasteiger partial charge in [0.25, 0.3) is 0 Å². The number of aromatic nitrogens is 3. The van der Waals surface area contributed by atoms with Gasteiger partial charge < -0.3 is 25.6 Å². The van der Waals surface area contributed by atoms with E-state index in [-0.39, 0.29) is 11.8 Å². The molecule has 35 heavy (non-hydrogen) atoms. The number of nitrogens with one attached hydrogen (secondary N) is 3. The molecule has 0 atom stereocenters. The van der Waals surface area contributed by atoms with Crippen LogP contribution in [0.15, 0.2) is 49.2 Å². The maximum Gasteiger partial charge on any atom is 0.248 e. The lowest BCUT2D eigenvalue weighted by atomic mass is 9.98. The van der Waals surface area contributed by atoms with Crippen molar-refractivity contribution in [3.8, 4) is 5.75 Å². The summed E-state index contributed by atoms with van der Waals surface area (Å²) in [5.41, 5.74) is 3.78. The topological polar surface area (TPSA) is 121 Å². The van der Waals surface area contributed by atoms with Crippen molar-refractivity contribution in [3.63, 3.8) is 0 Å². The van der Waals surface area contributed by atoms with Crippen molar-refractivity contribution in [2.24, 2.45) is 0 Å². The minimum Gasteiger partial charge on any atom is -0.495 e. The number of carbonyl (C=O) groups excluding carboxylic acids is 2. The monoisotopic (exact) mass is 473 g/mol. The minimum atomic E-state index is -0.340. The SMILES string of the molecule is C=CC(=O)Nc1cccc(Nc2nc(Nc3cc4c(cc3OC)CN(C(C)=O)CC4)ncc2C)n1. The molecule has 4 rings (SSSR count). The van der Waals surface area contributed by atoms with Crippen molar-refractivity contribution in [1.82, 2.24) is 19.9 Å². The Morgan fingerprint density at radius 3 is 2.69 bits per heavy atom. The van der Waals surface area contributed by atoms with E-state index >= 15 is 0 Å². The lowest BCUT2D eigenvalue weighted by Gasteiger charge is -2.29. The first-order valence-electron chi connectivity index (χ1n) is 11.1. The summed E-state index contributed by atoms with van der Waals surface area (Å²) >= 11 is 0. The predicted molar refractivity (Wildman–Crippen MR) is 134 cm³/mol. The van der Waals surface area contributed by atoms with Gasteiger partial charge in [-0.25, -0.2) is 9.97 Å². The lowest BCUT2D eigenvalue weighted by molar-refractivity contribution is -0.129. The van der Waals surface area contributed by atoms with Crippen molar-refractivity contribution in [1.29, 1.82) is 0 Å². The van der Waals surface area contributed by atoms with Gasteiger partial charge in [-0.15, -0.1) is 0 Å². The van der Waals surface area contributed by atoms with Gasteiger partial charge in [-0.05, 0) is 54.8 Å². The molecular formula is C25H27N7O3. The standard InChI is InChI=1S/C25H27N7O3/c1-5-23(34)29-21-7-6-8-22(28-21)30-24-15(2)13-26-25(31-24)27-19-11-17-9-10-32(16(3)33)14-18(17)12-20(19)35-4/h5-8,11-13H,1,9-10,14H2,2-4H3,(H3,26,27,28,29,30,31,34). The van der Waals surface area contributed by atoms with E-state index in [1.807, 2.05) is 24.0 Å². The molecule has 0 saturated carbocycles. The first kappa shape index (κ1) is 23.7. The third-order valence-corrected chi connectivity index (χ3v) is 5.63. The highest BCUT2D eigenvalue weighted by Gasteiger charge is 2.21. The largest absolute Gasteiger partial charge is 0.495 e. The van der Waals surface area contributed by atoms with E-state index in [4.69, 9.17) is 4.74 Å². The number of rotatable bonds is 7. The number of anilines is 5. The Morgan fingerprint density at radius 2 is 1.94 bits per heavy atom. The van der Waals surface area contributed by atoms with E-state index in [9.17, 15) is 9.59 Å². The van der Waals surface area contributed by atoms with Gasteiger partial charge in [0.15, 0.2) is 0 Å². The lowest BCUT2D eigenvalue weighted by Crippen LogP contribution is -2.34. The fourth-order valence-electron chi connectivity index (χ4n) is 3.74. The van der Waals surface area contributed by atoms with Crippen LogP contribution in [-0.2, 0) is 22.6 Å². The number of aryl methyl sites for hydroxylation is 1. The Morgan fingerprint density at radius 1 is 1.14 bits per heavy atom. The van der Waals surface area contributed by atoms with Gasteiger partial charge >= 0.3 is 0 Å². The highest BCUT2D eigenvalue weighted by atomic mass is 16.5. The van der Waals surface area contributed by atoms with E-state index in [1.54, 1.807) is 38.4 Å². The number of fused-ring (bicyclic) bond motifs is 1. The molecule has 0 fully saturated rings. The fourth-order valence-corrected chi connectivity index (χ4v) is 3.74. The second-order valence-electron chi connectivity index (χ2n) is 8.09. The van der Waals surface area contributed by atoms with Crippen LogP contribution in [0, 0.1) is 6.92 Å². The number of methoxy groups -OCH3 is 1. The summed E-state index contributed by atoms with van der Waals surface area (Å²) < 4.78 is 5.59. The molecule has 1 aliphatic rings. The molecule has 180 valence electrons. The Labute approximate surface area is 203 Å². The van der Waals surface area contributed by atoms with Crippen molar-refractivity contribution in [2.45, 2.75) is 26.8 Å². The van der Waals surface area contributed by atoms with Crippen molar-refractivity contribution < 1.29 is 14.3 Å². The molecule has 0 bridgehead atoms. The molecule has 0 radical (unpaired) electrons. The molecule has 1 aliphatic heterocycles. The van der Waals surface area contributed by atoms with E-state index < -0.39 is 0 Å². The molecule has 10 nitrogen and oxygen atoms in total. The van der Waals surface area contributed by atoms with E-state index in [0.29, 0.717) is 42.2 Å². The van der Waals surface area contributed by atoms with Crippen molar-refractivity contribution in [3.05, 3.63) is 65.9 Å². The van der Waals surface area contributed by atoms with Gasteiger partial charge in [0.05, 0.1) is 12.8 Å².